The molecule has 0 saturated carbocycles. The molecule has 1 saturated heterocycles. The van der Waals surface area contributed by atoms with Gasteiger partial charge in [0.05, 0.1) is 19.3 Å². The highest BCUT2D eigenvalue weighted by atomic mass is 16.6. The van der Waals surface area contributed by atoms with Crippen LogP contribution in [0.4, 0.5) is 0 Å². The summed E-state index contributed by atoms with van der Waals surface area (Å²) in [6.07, 6.45) is 0.389. The van der Waals surface area contributed by atoms with E-state index in [-0.39, 0.29) is 6.61 Å². The van der Waals surface area contributed by atoms with Gasteiger partial charge in [0, 0.05) is 19.6 Å². The summed E-state index contributed by atoms with van der Waals surface area (Å²) in [7, 11) is 0. The number of aliphatic hydroxyl groups excluding tert-OH is 1. The molecule has 2 rings (SSSR count). The number of hydrogen-bond donors (Lipinski definition) is 1. The van der Waals surface area contributed by atoms with Crippen LogP contribution in [0.15, 0.2) is 30.3 Å². The maximum absolute atomic E-state index is 8.97. The highest BCUT2D eigenvalue weighted by molar-refractivity contribution is 5.14. The molecular formula is C12H17NO2. The number of aliphatic hydroxyl groups is 1. The average Bonchev–Trinajstić information content (AvgIpc) is 3.03. The van der Waals surface area contributed by atoms with Crippen molar-refractivity contribution >= 4 is 0 Å². The number of rotatable bonds is 6. The third kappa shape index (κ3) is 3.63. The quantitative estimate of drug-likeness (QED) is 0.703. The zero-order valence-corrected chi connectivity index (χ0v) is 8.80. The summed E-state index contributed by atoms with van der Waals surface area (Å²) >= 11 is 0. The molecule has 0 spiro atoms. The lowest BCUT2D eigenvalue weighted by atomic mass is 10.2. The van der Waals surface area contributed by atoms with Crippen LogP contribution in [0.25, 0.3) is 0 Å². The minimum absolute atomic E-state index is 0.208. The van der Waals surface area contributed by atoms with Crippen LogP contribution in [-0.4, -0.2) is 42.4 Å². The lowest BCUT2D eigenvalue weighted by Crippen LogP contribution is -2.30. The Morgan fingerprint density at radius 1 is 1.33 bits per heavy atom. The second-order valence-corrected chi connectivity index (χ2v) is 3.90. The van der Waals surface area contributed by atoms with Gasteiger partial charge in [-0.25, -0.2) is 0 Å². The van der Waals surface area contributed by atoms with Gasteiger partial charge in [-0.15, -0.1) is 0 Å². The molecule has 1 aromatic rings. The zero-order chi connectivity index (χ0) is 10.5. The van der Waals surface area contributed by atoms with Gasteiger partial charge in [0.2, 0.25) is 0 Å². The van der Waals surface area contributed by atoms with Gasteiger partial charge in [-0.05, 0) is 5.56 Å². The van der Waals surface area contributed by atoms with Crippen molar-refractivity contribution in [1.29, 1.82) is 0 Å². The Morgan fingerprint density at radius 3 is 2.67 bits per heavy atom. The molecule has 1 N–H and O–H groups in total. The second kappa shape index (κ2) is 5.26. The zero-order valence-electron chi connectivity index (χ0n) is 8.80. The van der Waals surface area contributed by atoms with Gasteiger partial charge in [0.15, 0.2) is 0 Å². The van der Waals surface area contributed by atoms with Gasteiger partial charge in [-0.3, -0.25) is 4.90 Å². The number of nitrogens with zero attached hydrogens (tertiary/aromatic N) is 1. The van der Waals surface area contributed by atoms with Crippen LogP contribution >= 0.6 is 0 Å². The minimum atomic E-state index is 0.208. The SMILES string of the molecule is OCCN(Cc1ccccc1)CC1CO1. The molecule has 0 radical (unpaired) electrons. The molecular weight excluding hydrogens is 190 g/mol. The smallest absolute Gasteiger partial charge is 0.0936 e. The Bertz CT molecular complexity index is 285. The first kappa shape index (κ1) is 10.6. The van der Waals surface area contributed by atoms with Gasteiger partial charge in [0.25, 0.3) is 0 Å². The number of hydrogen-bond acceptors (Lipinski definition) is 3. The molecule has 82 valence electrons. The maximum atomic E-state index is 8.97. The molecule has 0 aliphatic carbocycles. The van der Waals surface area contributed by atoms with Crippen LogP contribution in [-0.2, 0) is 11.3 Å². The molecule has 1 atom stereocenters. The molecule has 1 aromatic carbocycles. The summed E-state index contributed by atoms with van der Waals surface area (Å²) in [5.74, 6) is 0. The molecule has 1 aliphatic heterocycles. The van der Waals surface area contributed by atoms with E-state index >= 15 is 0 Å². The fourth-order valence-corrected chi connectivity index (χ4v) is 1.68. The molecule has 0 bridgehead atoms. The summed E-state index contributed by atoms with van der Waals surface area (Å²) in [6, 6.07) is 10.3. The van der Waals surface area contributed by atoms with Crippen LogP contribution in [0, 0.1) is 0 Å². The molecule has 1 unspecified atom stereocenters. The minimum Gasteiger partial charge on any atom is -0.395 e. The molecule has 3 heteroatoms. The Balaban J connectivity index is 1.87. The van der Waals surface area contributed by atoms with E-state index in [0.717, 1.165) is 26.2 Å². The van der Waals surface area contributed by atoms with E-state index in [9.17, 15) is 0 Å². The van der Waals surface area contributed by atoms with Gasteiger partial charge < -0.3 is 9.84 Å². The lowest BCUT2D eigenvalue weighted by Gasteiger charge is -2.20. The largest absolute Gasteiger partial charge is 0.395 e. The fraction of sp³-hybridized carbons (Fsp3) is 0.500. The molecule has 3 nitrogen and oxygen atoms in total. The summed E-state index contributed by atoms with van der Waals surface area (Å²) < 4.78 is 5.20. The second-order valence-electron chi connectivity index (χ2n) is 3.90. The van der Waals surface area contributed by atoms with Crippen LogP contribution < -0.4 is 0 Å². The Kier molecular flexibility index (Phi) is 3.72. The normalized spacial score (nSPS) is 19.5. The Labute approximate surface area is 90.3 Å². The monoisotopic (exact) mass is 207 g/mol. The molecule has 1 heterocycles. The summed E-state index contributed by atoms with van der Waals surface area (Å²) in [5, 5.41) is 8.97. The van der Waals surface area contributed by atoms with Crippen LogP contribution in [0.2, 0.25) is 0 Å². The molecule has 1 fully saturated rings. The van der Waals surface area contributed by atoms with Crippen molar-refractivity contribution in [2.45, 2.75) is 12.6 Å². The molecule has 15 heavy (non-hydrogen) atoms. The van der Waals surface area contributed by atoms with Gasteiger partial charge in [-0.2, -0.15) is 0 Å². The third-order valence-electron chi connectivity index (χ3n) is 2.53. The van der Waals surface area contributed by atoms with Crippen molar-refractivity contribution in [1.82, 2.24) is 4.90 Å². The topological polar surface area (TPSA) is 36.0 Å². The highest BCUT2D eigenvalue weighted by Crippen LogP contribution is 2.13. The van der Waals surface area contributed by atoms with Crippen molar-refractivity contribution in [3.8, 4) is 0 Å². The first-order valence-corrected chi connectivity index (χ1v) is 5.37. The Morgan fingerprint density at radius 2 is 2.07 bits per heavy atom. The first-order chi connectivity index (χ1) is 7.38. The van der Waals surface area contributed by atoms with E-state index in [0.29, 0.717) is 6.10 Å². The van der Waals surface area contributed by atoms with E-state index < -0.39 is 0 Å². The van der Waals surface area contributed by atoms with Gasteiger partial charge in [0.1, 0.15) is 0 Å². The maximum Gasteiger partial charge on any atom is 0.0936 e. The summed E-state index contributed by atoms with van der Waals surface area (Å²) in [4.78, 5) is 2.23. The summed E-state index contributed by atoms with van der Waals surface area (Å²) in [6.45, 7) is 3.61. The predicted octanol–water partition coefficient (Wildman–Crippen LogP) is 0.880. The van der Waals surface area contributed by atoms with Crippen molar-refractivity contribution in [3.05, 3.63) is 35.9 Å². The third-order valence-corrected chi connectivity index (χ3v) is 2.53. The van der Waals surface area contributed by atoms with Crippen molar-refractivity contribution in [2.24, 2.45) is 0 Å². The van der Waals surface area contributed by atoms with E-state index in [1.54, 1.807) is 0 Å². The molecule has 1 aliphatic rings. The van der Waals surface area contributed by atoms with Crippen LogP contribution in [0.1, 0.15) is 5.56 Å². The molecule has 0 amide bonds. The first-order valence-electron chi connectivity index (χ1n) is 5.37. The standard InChI is InChI=1S/C12H17NO2/c14-7-6-13(9-12-10-15-12)8-11-4-2-1-3-5-11/h1-5,12,14H,6-10H2. The predicted molar refractivity (Wildman–Crippen MR) is 58.5 cm³/mol. The van der Waals surface area contributed by atoms with E-state index in [1.165, 1.54) is 5.56 Å². The van der Waals surface area contributed by atoms with E-state index in [1.807, 2.05) is 18.2 Å². The fourth-order valence-electron chi connectivity index (χ4n) is 1.68. The van der Waals surface area contributed by atoms with Crippen molar-refractivity contribution in [3.63, 3.8) is 0 Å². The number of ether oxygens (including phenoxy) is 1. The van der Waals surface area contributed by atoms with Crippen molar-refractivity contribution < 1.29 is 9.84 Å². The van der Waals surface area contributed by atoms with Gasteiger partial charge in [-0.1, -0.05) is 30.3 Å². The molecule has 0 aromatic heterocycles. The Hall–Kier alpha value is -0.900. The van der Waals surface area contributed by atoms with E-state index in [4.69, 9.17) is 9.84 Å². The number of epoxide rings is 1. The van der Waals surface area contributed by atoms with Crippen LogP contribution in [0.3, 0.4) is 0 Å². The average molecular weight is 207 g/mol. The summed E-state index contributed by atoms with van der Waals surface area (Å²) in [5.41, 5.74) is 1.28. The van der Waals surface area contributed by atoms with Crippen LogP contribution in [0.5, 0.6) is 0 Å². The highest BCUT2D eigenvalue weighted by Gasteiger charge is 2.25. The number of benzene rings is 1. The van der Waals surface area contributed by atoms with Gasteiger partial charge >= 0.3 is 0 Å². The van der Waals surface area contributed by atoms with Crippen molar-refractivity contribution in [2.75, 3.05) is 26.3 Å². The van der Waals surface area contributed by atoms with E-state index in [2.05, 4.69) is 17.0 Å². The lowest BCUT2D eigenvalue weighted by molar-refractivity contribution is 0.178.